The number of anilines is 2. The molecular weight excluding hydrogens is 412 g/mol. The van der Waals surface area contributed by atoms with E-state index in [-0.39, 0.29) is 5.91 Å². The van der Waals surface area contributed by atoms with Gasteiger partial charge in [0.1, 0.15) is 5.82 Å². The molecule has 1 amide bonds. The average molecular weight is 435 g/mol. The highest BCUT2D eigenvalue weighted by Crippen LogP contribution is 2.21. The zero-order chi connectivity index (χ0) is 22.8. The molecule has 5 aromatic rings. The number of carbonyl (C=O) groups is 1. The van der Waals surface area contributed by atoms with Gasteiger partial charge in [-0.2, -0.15) is 0 Å². The Balaban J connectivity index is 1.29. The monoisotopic (exact) mass is 434 g/mol. The number of amides is 1. The van der Waals surface area contributed by atoms with Crippen molar-refractivity contribution in [3.63, 3.8) is 0 Å². The van der Waals surface area contributed by atoms with E-state index < -0.39 is 0 Å². The second kappa shape index (κ2) is 8.55. The summed E-state index contributed by atoms with van der Waals surface area (Å²) in [4.78, 5) is 25.6. The predicted octanol–water partition coefficient (Wildman–Crippen LogP) is 3.86. The molecule has 0 saturated heterocycles. The molecule has 7 nitrogen and oxygen atoms in total. The highest BCUT2D eigenvalue weighted by Gasteiger charge is 2.09. The second-order valence-corrected chi connectivity index (χ2v) is 7.94. The summed E-state index contributed by atoms with van der Waals surface area (Å²) in [6.07, 6.45) is 5.60. The molecule has 5 rings (SSSR count). The number of hydrogen-bond donors (Lipinski definition) is 3. The first-order chi connectivity index (χ1) is 16.0. The van der Waals surface area contributed by atoms with Gasteiger partial charge in [0.05, 0.1) is 17.4 Å². The van der Waals surface area contributed by atoms with Crippen molar-refractivity contribution in [1.82, 2.24) is 20.3 Å². The van der Waals surface area contributed by atoms with Gasteiger partial charge in [-0.05, 0) is 59.0 Å². The summed E-state index contributed by atoms with van der Waals surface area (Å²) in [5.41, 5.74) is 16.7. The van der Waals surface area contributed by atoms with Crippen LogP contribution in [0.5, 0.6) is 0 Å². The zero-order valence-corrected chi connectivity index (χ0v) is 17.8. The van der Waals surface area contributed by atoms with Crippen LogP contribution in [0.25, 0.3) is 21.7 Å². The molecule has 0 aliphatic carbocycles. The van der Waals surface area contributed by atoms with Crippen molar-refractivity contribution in [2.75, 3.05) is 11.5 Å². The average Bonchev–Trinajstić information content (AvgIpc) is 2.82. The number of pyridine rings is 3. The normalized spacial score (nSPS) is 11.0. The minimum atomic E-state index is -0.150. The third kappa shape index (κ3) is 4.43. The maximum absolute atomic E-state index is 12.8. The molecule has 0 saturated carbocycles. The summed E-state index contributed by atoms with van der Waals surface area (Å²) in [6.45, 7) is 0.410. The summed E-state index contributed by atoms with van der Waals surface area (Å²) >= 11 is 0. The van der Waals surface area contributed by atoms with Gasteiger partial charge in [0, 0.05) is 47.4 Å². The Hall–Kier alpha value is -4.52. The van der Waals surface area contributed by atoms with E-state index in [1.54, 1.807) is 24.7 Å². The van der Waals surface area contributed by atoms with Crippen molar-refractivity contribution < 1.29 is 4.79 Å². The number of nitrogens with two attached hydrogens (primary N) is 2. The molecule has 0 fully saturated rings. The summed E-state index contributed by atoms with van der Waals surface area (Å²) in [5.74, 6) is 0.349. The van der Waals surface area contributed by atoms with Crippen LogP contribution in [-0.4, -0.2) is 20.9 Å². The Morgan fingerprint density at radius 3 is 2.55 bits per heavy atom. The first-order valence-electron chi connectivity index (χ1n) is 10.6. The van der Waals surface area contributed by atoms with Crippen molar-refractivity contribution in [2.24, 2.45) is 0 Å². The minimum absolute atomic E-state index is 0.150. The molecule has 0 radical (unpaired) electrons. The van der Waals surface area contributed by atoms with Crippen molar-refractivity contribution in [1.29, 1.82) is 0 Å². The van der Waals surface area contributed by atoms with Gasteiger partial charge in [-0.1, -0.05) is 18.2 Å². The zero-order valence-electron chi connectivity index (χ0n) is 17.8. The first-order valence-corrected chi connectivity index (χ1v) is 10.6. The van der Waals surface area contributed by atoms with Gasteiger partial charge in [0.25, 0.3) is 5.91 Å². The largest absolute Gasteiger partial charge is 0.397 e. The molecule has 5 N–H and O–H groups in total. The van der Waals surface area contributed by atoms with Gasteiger partial charge < -0.3 is 16.8 Å². The fourth-order valence-electron chi connectivity index (χ4n) is 3.88. The highest BCUT2D eigenvalue weighted by molar-refractivity contribution is 5.94. The predicted molar refractivity (Wildman–Crippen MR) is 131 cm³/mol. The number of nitrogens with one attached hydrogen (secondary N) is 1. The van der Waals surface area contributed by atoms with Crippen LogP contribution in [0.15, 0.2) is 79.3 Å². The molecule has 2 aromatic carbocycles. The van der Waals surface area contributed by atoms with E-state index in [9.17, 15) is 4.79 Å². The number of carbonyl (C=O) groups excluding carboxylic acids is 1. The fraction of sp³-hybridized carbons (Fsp3) is 0.0769. The maximum Gasteiger partial charge on any atom is 0.251 e. The lowest BCUT2D eigenvalue weighted by Crippen LogP contribution is -2.23. The van der Waals surface area contributed by atoms with E-state index in [1.807, 2.05) is 48.5 Å². The van der Waals surface area contributed by atoms with Crippen LogP contribution < -0.4 is 16.8 Å². The lowest BCUT2D eigenvalue weighted by Gasteiger charge is -2.09. The van der Waals surface area contributed by atoms with Gasteiger partial charge >= 0.3 is 0 Å². The van der Waals surface area contributed by atoms with Crippen molar-refractivity contribution in [3.05, 3.63) is 102 Å². The van der Waals surface area contributed by atoms with E-state index in [4.69, 9.17) is 11.5 Å². The number of rotatable bonds is 5. The smallest absolute Gasteiger partial charge is 0.251 e. The maximum atomic E-state index is 12.8. The van der Waals surface area contributed by atoms with E-state index in [0.29, 0.717) is 30.0 Å². The molecule has 0 bridgehead atoms. The summed E-state index contributed by atoms with van der Waals surface area (Å²) in [7, 11) is 0. The topological polar surface area (TPSA) is 120 Å². The molecule has 0 aliphatic heterocycles. The quantitative estimate of drug-likeness (QED) is 0.386. The summed E-state index contributed by atoms with van der Waals surface area (Å²) in [5, 5.41) is 5.86. The van der Waals surface area contributed by atoms with Gasteiger partial charge in [-0.15, -0.1) is 0 Å². The van der Waals surface area contributed by atoms with E-state index >= 15 is 0 Å². The summed E-state index contributed by atoms with van der Waals surface area (Å²) in [6, 6.07) is 19.3. The second-order valence-electron chi connectivity index (χ2n) is 7.94. The van der Waals surface area contributed by atoms with Crippen LogP contribution in [0.2, 0.25) is 0 Å². The third-order valence-electron chi connectivity index (χ3n) is 5.54. The lowest BCUT2D eigenvalue weighted by molar-refractivity contribution is 0.0950. The van der Waals surface area contributed by atoms with E-state index in [1.165, 1.54) is 0 Å². The first kappa shape index (κ1) is 20.4. The molecule has 33 heavy (non-hydrogen) atoms. The van der Waals surface area contributed by atoms with Crippen LogP contribution in [-0.2, 0) is 13.0 Å². The molecule has 0 unspecified atom stereocenters. The Labute approximate surface area is 190 Å². The highest BCUT2D eigenvalue weighted by atomic mass is 16.1. The number of nitrogens with zero attached hydrogens (tertiary/aromatic N) is 3. The van der Waals surface area contributed by atoms with Crippen LogP contribution in [0.3, 0.4) is 0 Å². The lowest BCUT2D eigenvalue weighted by atomic mass is 10.0. The number of hydrogen-bond acceptors (Lipinski definition) is 6. The van der Waals surface area contributed by atoms with Crippen LogP contribution in [0.1, 0.15) is 27.2 Å². The van der Waals surface area contributed by atoms with E-state index in [2.05, 4.69) is 26.3 Å². The Morgan fingerprint density at radius 1 is 0.818 bits per heavy atom. The van der Waals surface area contributed by atoms with Gasteiger partial charge in [0.2, 0.25) is 0 Å². The number of aromatic nitrogens is 3. The van der Waals surface area contributed by atoms with Crippen molar-refractivity contribution in [3.8, 4) is 0 Å². The summed E-state index contributed by atoms with van der Waals surface area (Å²) < 4.78 is 0. The molecule has 0 spiro atoms. The van der Waals surface area contributed by atoms with Gasteiger partial charge in [-0.3, -0.25) is 14.8 Å². The van der Waals surface area contributed by atoms with Crippen molar-refractivity contribution in [2.45, 2.75) is 13.0 Å². The molecule has 0 aliphatic rings. The number of benzene rings is 2. The molecule has 0 atom stereocenters. The third-order valence-corrected chi connectivity index (χ3v) is 5.54. The Morgan fingerprint density at radius 2 is 1.64 bits per heavy atom. The number of fused-ring (bicyclic) bond motifs is 2. The van der Waals surface area contributed by atoms with Gasteiger partial charge in [-0.25, -0.2) is 4.98 Å². The molecule has 7 heteroatoms. The van der Waals surface area contributed by atoms with Crippen LogP contribution in [0.4, 0.5) is 11.5 Å². The van der Waals surface area contributed by atoms with Crippen molar-refractivity contribution >= 4 is 39.1 Å². The molecule has 162 valence electrons. The number of nitrogen functional groups attached to an aromatic ring is 2. The molecule has 3 heterocycles. The van der Waals surface area contributed by atoms with E-state index in [0.717, 1.165) is 38.5 Å². The SMILES string of the molecule is Nc1cnc2ccc(Cc3cc(C(=O)NCc4ccc5c(N)nccc5c4)ccn3)cc2c1. The van der Waals surface area contributed by atoms with Crippen LogP contribution in [0, 0.1) is 0 Å². The molecule has 3 aromatic heterocycles. The van der Waals surface area contributed by atoms with Gasteiger partial charge in [0.15, 0.2) is 0 Å². The standard InChI is InChI=1S/C26H22N6O/c27-21-12-20-9-16(2-4-24(20)31-15-21)11-22-13-19(6-7-29-22)26(33)32-14-17-1-3-23-18(10-17)5-8-30-25(23)28/h1-10,12-13,15H,11,14,27H2,(H2,28,30)(H,32,33). The van der Waals surface area contributed by atoms with Crippen LogP contribution >= 0.6 is 0 Å². The Bertz CT molecular complexity index is 1500. The Kier molecular flexibility index (Phi) is 5.28. The minimum Gasteiger partial charge on any atom is -0.397 e. The fourth-order valence-corrected chi connectivity index (χ4v) is 3.88. The molecular formula is C26H22N6O.